The van der Waals surface area contributed by atoms with Gasteiger partial charge in [0.2, 0.25) is 0 Å². The molecule has 1 aromatic rings. The van der Waals surface area contributed by atoms with Crippen LogP contribution < -0.4 is 10.1 Å². The number of piperidine rings is 1. The first kappa shape index (κ1) is 15.7. The third kappa shape index (κ3) is 4.38. The Morgan fingerprint density at radius 3 is 2.48 bits per heavy atom. The lowest BCUT2D eigenvalue weighted by atomic mass is 10.1. The van der Waals surface area contributed by atoms with Crippen LogP contribution in [0.3, 0.4) is 0 Å². The number of benzene rings is 1. The Kier molecular flexibility index (Phi) is 5.48. The monoisotopic (exact) mass is 290 g/mol. The van der Waals surface area contributed by atoms with Gasteiger partial charge < -0.3 is 15.0 Å². The first-order valence-electron chi connectivity index (χ1n) is 7.81. The van der Waals surface area contributed by atoms with Gasteiger partial charge in [-0.3, -0.25) is 0 Å². The molecule has 1 aromatic carbocycles. The zero-order chi connectivity index (χ0) is 15.2. The molecule has 0 aliphatic carbocycles. The third-order valence-corrected chi connectivity index (χ3v) is 4.07. The van der Waals surface area contributed by atoms with Crippen molar-refractivity contribution in [1.82, 2.24) is 10.2 Å². The molecule has 2 amide bonds. The molecule has 1 saturated heterocycles. The van der Waals surface area contributed by atoms with Crippen LogP contribution in [-0.2, 0) is 0 Å². The number of aryl methyl sites for hydroxylation is 3. The van der Waals surface area contributed by atoms with Gasteiger partial charge in [-0.25, -0.2) is 4.79 Å². The van der Waals surface area contributed by atoms with Crippen molar-refractivity contribution >= 4 is 6.03 Å². The number of nitrogens with one attached hydrogen (secondary N) is 1. The van der Waals surface area contributed by atoms with Crippen LogP contribution in [0.4, 0.5) is 4.79 Å². The Morgan fingerprint density at radius 1 is 1.10 bits per heavy atom. The van der Waals surface area contributed by atoms with Gasteiger partial charge in [-0.1, -0.05) is 6.07 Å². The molecule has 4 nitrogen and oxygen atoms in total. The van der Waals surface area contributed by atoms with E-state index in [0.717, 1.165) is 37.2 Å². The molecule has 0 aromatic heterocycles. The standard InChI is InChI=1S/C17H26N2O2/c1-13-11-15(3)16(12-14(13)2)21-10-7-18-17(20)19-8-5-4-6-9-19/h11-12H,4-10H2,1-3H3,(H,18,20). The average molecular weight is 290 g/mol. The lowest BCUT2D eigenvalue weighted by Gasteiger charge is -2.26. The molecule has 1 aliphatic heterocycles. The summed E-state index contributed by atoms with van der Waals surface area (Å²) in [5, 5.41) is 2.93. The van der Waals surface area contributed by atoms with Gasteiger partial charge in [0, 0.05) is 13.1 Å². The Bertz CT molecular complexity index is 494. The molecule has 1 fully saturated rings. The highest BCUT2D eigenvalue weighted by atomic mass is 16.5. The molecular weight excluding hydrogens is 264 g/mol. The van der Waals surface area contributed by atoms with Crippen molar-refractivity contribution < 1.29 is 9.53 Å². The molecule has 4 heteroatoms. The SMILES string of the molecule is Cc1cc(C)c(OCCNC(=O)N2CCCCC2)cc1C. The number of ether oxygens (including phenoxy) is 1. The van der Waals surface area contributed by atoms with Crippen LogP contribution in [0.25, 0.3) is 0 Å². The zero-order valence-electron chi connectivity index (χ0n) is 13.4. The van der Waals surface area contributed by atoms with Gasteiger partial charge in [0.15, 0.2) is 0 Å². The van der Waals surface area contributed by atoms with Crippen LogP contribution in [0.1, 0.15) is 36.0 Å². The smallest absolute Gasteiger partial charge is 0.317 e. The fraction of sp³-hybridized carbons (Fsp3) is 0.588. The lowest BCUT2D eigenvalue weighted by molar-refractivity contribution is 0.183. The van der Waals surface area contributed by atoms with E-state index >= 15 is 0 Å². The van der Waals surface area contributed by atoms with Gasteiger partial charge in [-0.15, -0.1) is 0 Å². The first-order valence-corrected chi connectivity index (χ1v) is 7.81. The molecule has 116 valence electrons. The number of hydrogen-bond donors (Lipinski definition) is 1. The largest absolute Gasteiger partial charge is 0.491 e. The van der Waals surface area contributed by atoms with E-state index in [1.165, 1.54) is 17.5 Å². The summed E-state index contributed by atoms with van der Waals surface area (Å²) in [6.45, 7) is 9.04. The Labute approximate surface area is 127 Å². The summed E-state index contributed by atoms with van der Waals surface area (Å²) in [6.07, 6.45) is 3.47. The summed E-state index contributed by atoms with van der Waals surface area (Å²) in [5.74, 6) is 0.908. The predicted molar refractivity (Wildman–Crippen MR) is 85.0 cm³/mol. The Hall–Kier alpha value is -1.71. The summed E-state index contributed by atoms with van der Waals surface area (Å²) in [5.41, 5.74) is 3.65. The molecule has 1 N–H and O–H groups in total. The molecule has 1 aliphatic rings. The summed E-state index contributed by atoms with van der Waals surface area (Å²) >= 11 is 0. The second-order valence-corrected chi connectivity index (χ2v) is 5.83. The van der Waals surface area contributed by atoms with E-state index in [0.29, 0.717) is 13.2 Å². The van der Waals surface area contributed by atoms with Crippen molar-refractivity contribution in [3.63, 3.8) is 0 Å². The van der Waals surface area contributed by atoms with Crippen molar-refractivity contribution in [2.75, 3.05) is 26.2 Å². The number of nitrogens with zero attached hydrogens (tertiary/aromatic N) is 1. The maximum atomic E-state index is 11.9. The number of rotatable bonds is 4. The normalized spacial score (nSPS) is 14.9. The molecule has 0 atom stereocenters. The second kappa shape index (κ2) is 7.34. The molecule has 2 rings (SSSR count). The van der Waals surface area contributed by atoms with Crippen LogP contribution in [0.2, 0.25) is 0 Å². The molecule has 0 bridgehead atoms. The van der Waals surface area contributed by atoms with Crippen LogP contribution in [0.15, 0.2) is 12.1 Å². The van der Waals surface area contributed by atoms with E-state index in [-0.39, 0.29) is 6.03 Å². The molecule has 0 spiro atoms. The molecule has 1 heterocycles. The minimum Gasteiger partial charge on any atom is -0.491 e. The van der Waals surface area contributed by atoms with Gasteiger partial charge in [0.25, 0.3) is 0 Å². The van der Waals surface area contributed by atoms with E-state index in [4.69, 9.17) is 4.74 Å². The summed E-state index contributed by atoms with van der Waals surface area (Å²) in [4.78, 5) is 13.8. The van der Waals surface area contributed by atoms with Gasteiger partial charge in [-0.2, -0.15) is 0 Å². The minimum atomic E-state index is 0.0371. The van der Waals surface area contributed by atoms with Gasteiger partial charge in [0.05, 0.1) is 6.54 Å². The van der Waals surface area contributed by atoms with Crippen molar-refractivity contribution in [3.05, 3.63) is 28.8 Å². The van der Waals surface area contributed by atoms with Crippen molar-refractivity contribution in [3.8, 4) is 5.75 Å². The molecule has 0 saturated carbocycles. The summed E-state index contributed by atoms with van der Waals surface area (Å²) in [7, 11) is 0. The van der Waals surface area contributed by atoms with Gasteiger partial charge in [-0.05, 0) is 62.8 Å². The summed E-state index contributed by atoms with van der Waals surface area (Å²) in [6, 6.07) is 4.24. The average Bonchev–Trinajstić information content (AvgIpc) is 2.49. The van der Waals surface area contributed by atoms with E-state index in [1.807, 2.05) is 11.8 Å². The first-order chi connectivity index (χ1) is 10.1. The second-order valence-electron chi connectivity index (χ2n) is 5.83. The van der Waals surface area contributed by atoms with E-state index < -0.39 is 0 Å². The quantitative estimate of drug-likeness (QED) is 0.865. The van der Waals surface area contributed by atoms with E-state index in [2.05, 4.69) is 31.3 Å². The number of carbonyl (C=O) groups is 1. The molecule has 0 radical (unpaired) electrons. The minimum absolute atomic E-state index is 0.0371. The Morgan fingerprint density at radius 2 is 1.76 bits per heavy atom. The van der Waals surface area contributed by atoms with Gasteiger partial charge in [0.1, 0.15) is 12.4 Å². The number of urea groups is 1. The molecule has 0 unspecified atom stereocenters. The summed E-state index contributed by atoms with van der Waals surface area (Å²) < 4.78 is 5.78. The van der Waals surface area contributed by atoms with Crippen molar-refractivity contribution in [2.45, 2.75) is 40.0 Å². The zero-order valence-corrected chi connectivity index (χ0v) is 13.4. The third-order valence-electron chi connectivity index (χ3n) is 4.07. The number of hydrogen-bond acceptors (Lipinski definition) is 2. The van der Waals surface area contributed by atoms with Gasteiger partial charge >= 0.3 is 6.03 Å². The lowest BCUT2D eigenvalue weighted by Crippen LogP contribution is -2.43. The highest BCUT2D eigenvalue weighted by Crippen LogP contribution is 2.22. The fourth-order valence-electron chi connectivity index (χ4n) is 2.62. The highest BCUT2D eigenvalue weighted by Gasteiger charge is 2.15. The van der Waals surface area contributed by atoms with Crippen molar-refractivity contribution in [1.29, 1.82) is 0 Å². The van der Waals surface area contributed by atoms with E-state index in [1.54, 1.807) is 0 Å². The van der Waals surface area contributed by atoms with E-state index in [9.17, 15) is 4.79 Å². The van der Waals surface area contributed by atoms with Crippen molar-refractivity contribution in [2.24, 2.45) is 0 Å². The molecule has 21 heavy (non-hydrogen) atoms. The van der Waals surface area contributed by atoms with Crippen LogP contribution in [-0.4, -0.2) is 37.2 Å². The number of amides is 2. The fourth-order valence-corrected chi connectivity index (χ4v) is 2.62. The van der Waals surface area contributed by atoms with Crippen LogP contribution in [0.5, 0.6) is 5.75 Å². The Balaban J connectivity index is 1.74. The maximum Gasteiger partial charge on any atom is 0.317 e. The van der Waals surface area contributed by atoms with Crippen LogP contribution >= 0.6 is 0 Å². The number of carbonyl (C=O) groups excluding carboxylic acids is 1. The maximum absolute atomic E-state index is 11.9. The highest BCUT2D eigenvalue weighted by molar-refractivity contribution is 5.74. The number of likely N-dealkylation sites (tertiary alicyclic amines) is 1. The predicted octanol–water partition coefficient (Wildman–Crippen LogP) is 3.19. The molecular formula is C17H26N2O2. The van der Waals surface area contributed by atoms with Crippen LogP contribution in [0, 0.1) is 20.8 Å². The topological polar surface area (TPSA) is 41.6 Å².